The van der Waals surface area contributed by atoms with E-state index in [2.05, 4.69) is 27.7 Å². The topological polar surface area (TPSA) is 211 Å². The molecule has 0 aromatic heterocycles. The van der Waals surface area contributed by atoms with E-state index in [-0.39, 0.29) is 52.0 Å². The van der Waals surface area contributed by atoms with Crippen molar-refractivity contribution in [2.24, 2.45) is 50.7 Å². The van der Waals surface area contributed by atoms with Crippen LogP contribution < -0.4 is 0 Å². The Balaban J connectivity index is 1.04. The lowest BCUT2D eigenvalue weighted by Gasteiger charge is -2.74. The van der Waals surface area contributed by atoms with Gasteiger partial charge < -0.3 is 59.1 Å². The standard InChI is InChI=1S/C43H68O14/c1-22(46)53-32-30(48)24(20-45)55-35(32)56-33-31(49)29(47)23(19-44)54-34(33)52-21-38(4)13-8-14-39(5)26(38)11-15-40(6)27(39)9-10-28-41(40,7)17-18-43(51)25-12-16-42(28,43)36(50)57-37(25,2)3/h23-35,44-45,47-49,51H,8-21H2,1-7H3/t23-,24+,25-,26?,27-,28+,29-,30+,31+,32-,33-,34-,35+,38-,39+,40-,41-,42-,43-/m1/s1. The number of esters is 2. The second-order valence-corrected chi connectivity index (χ2v) is 21.0. The molecule has 5 aliphatic carbocycles. The van der Waals surface area contributed by atoms with Crippen molar-refractivity contribution in [2.75, 3.05) is 19.8 Å². The van der Waals surface area contributed by atoms with Gasteiger partial charge in [0, 0.05) is 12.8 Å². The van der Waals surface area contributed by atoms with E-state index < -0.39 is 91.1 Å². The third-order valence-corrected chi connectivity index (χ3v) is 18.3. The van der Waals surface area contributed by atoms with Crippen LogP contribution in [0.2, 0.25) is 0 Å². The van der Waals surface area contributed by atoms with Gasteiger partial charge in [-0.05, 0) is 117 Å². The highest BCUT2D eigenvalue weighted by molar-refractivity contribution is 5.82. The van der Waals surface area contributed by atoms with Crippen LogP contribution in [-0.2, 0) is 38.0 Å². The summed E-state index contributed by atoms with van der Waals surface area (Å²) in [5.74, 6) is -0.279. The van der Waals surface area contributed by atoms with Crippen molar-refractivity contribution >= 4 is 11.9 Å². The lowest BCUT2D eigenvalue weighted by Crippen LogP contribution is -2.74. The minimum absolute atomic E-state index is 0.0387. The van der Waals surface area contributed by atoms with Gasteiger partial charge in [-0.3, -0.25) is 9.59 Å². The van der Waals surface area contributed by atoms with Gasteiger partial charge in [-0.15, -0.1) is 0 Å². The van der Waals surface area contributed by atoms with Gasteiger partial charge in [0.25, 0.3) is 0 Å². The lowest BCUT2D eigenvalue weighted by molar-refractivity contribution is -0.344. The fourth-order valence-electron chi connectivity index (χ4n) is 15.5. The van der Waals surface area contributed by atoms with E-state index in [4.69, 9.17) is 28.4 Å². The zero-order chi connectivity index (χ0) is 41.3. The molecule has 5 saturated carbocycles. The van der Waals surface area contributed by atoms with Crippen molar-refractivity contribution in [1.82, 2.24) is 0 Å². The zero-order valence-electron chi connectivity index (χ0n) is 34.9. The molecular formula is C43H68O14. The van der Waals surface area contributed by atoms with Crippen LogP contribution in [0.1, 0.15) is 119 Å². The molecule has 3 saturated heterocycles. The van der Waals surface area contributed by atoms with E-state index in [0.29, 0.717) is 18.8 Å². The van der Waals surface area contributed by atoms with Crippen molar-refractivity contribution in [3.05, 3.63) is 0 Å². The molecule has 3 heterocycles. The van der Waals surface area contributed by atoms with E-state index in [1.54, 1.807) is 0 Å². The van der Waals surface area contributed by atoms with E-state index >= 15 is 0 Å². The van der Waals surface area contributed by atoms with E-state index in [9.17, 15) is 40.2 Å². The zero-order valence-corrected chi connectivity index (χ0v) is 34.9. The summed E-state index contributed by atoms with van der Waals surface area (Å²) in [7, 11) is 0. The highest BCUT2D eigenvalue weighted by Crippen LogP contribution is 2.80. The molecule has 57 heavy (non-hydrogen) atoms. The molecule has 2 bridgehead atoms. The van der Waals surface area contributed by atoms with Crippen molar-refractivity contribution in [3.8, 4) is 0 Å². The van der Waals surface area contributed by atoms with Crippen LogP contribution in [0.3, 0.4) is 0 Å². The summed E-state index contributed by atoms with van der Waals surface area (Å²) in [6.45, 7) is 13.8. The molecule has 1 unspecified atom stereocenters. The normalized spacial score (nSPS) is 55.2. The maximum atomic E-state index is 14.3. The lowest BCUT2D eigenvalue weighted by atomic mass is 9.31. The van der Waals surface area contributed by atoms with Gasteiger partial charge in [-0.1, -0.05) is 34.1 Å². The van der Waals surface area contributed by atoms with E-state index in [1.807, 2.05) is 13.8 Å². The molecule has 6 N–H and O–H groups in total. The number of carbonyl (C=O) groups excluding carboxylic acids is 2. The molecule has 0 radical (unpaired) electrons. The molecule has 14 heteroatoms. The van der Waals surface area contributed by atoms with Crippen LogP contribution >= 0.6 is 0 Å². The minimum Gasteiger partial charge on any atom is -0.459 e. The first-order valence-corrected chi connectivity index (χ1v) is 21.6. The van der Waals surface area contributed by atoms with Gasteiger partial charge >= 0.3 is 11.9 Å². The van der Waals surface area contributed by atoms with Gasteiger partial charge in [0.2, 0.25) is 0 Å². The maximum absolute atomic E-state index is 14.3. The second kappa shape index (κ2) is 14.0. The number of cyclic esters (lactones) is 1. The molecule has 8 rings (SSSR count). The summed E-state index contributed by atoms with van der Waals surface area (Å²) in [6.07, 6.45) is -2.51. The first-order valence-electron chi connectivity index (χ1n) is 21.6. The van der Waals surface area contributed by atoms with Gasteiger partial charge in [0.1, 0.15) is 47.6 Å². The second-order valence-electron chi connectivity index (χ2n) is 21.0. The van der Waals surface area contributed by atoms with Crippen LogP contribution in [0, 0.1) is 50.7 Å². The smallest absolute Gasteiger partial charge is 0.315 e. The number of carbonyl (C=O) groups is 2. The van der Waals surface area contributed by atoms with Crippen molar-refractivity contribution in [2.45, 2.75) is 186 Å². The largest absolute Gasteiger partial charge is 0.459 e. The van der Waals surface area contributed by atoms with Crippen LogP contribution in [0.5, 0.6) is 0 Å². The summed E-state index contributed by atoms with van der Waals surface area (Å²) in [5.41, 5.74) is -3.21. The number of hydrogen-bond acceptors (Lipinski definition) is 14. The molecular weight excluding hydrogens is 740 g/mol. The first kappa shape index (κ1) is 42.2. The summed E-state index contributed by atoms with van der Waals surface area (Å²) >= 11 is 0. The average molecular weight is 809 g/mol. The SMILES string of the molecule is CC(=O)O[C@H]1[C@H](O[C@H]2[C@H](OC[C@@]3(C)CCC[C@@]4(C)C3CC[C@]3(C)[C@@H]4CC[C@@H]4[C@]56CC[C@H](C(C)(C)OC5=O)[C@]6(O)CC[C@]43C)O[C@H](CO)[C@@H](O)[C@@H]2O)O[C@@H](CO)[C@@H]1O. The summed E-state index contributed by atoms with van der Waals surface area (Å²) < 4.78 is 36.0. The third kappa shape index (κ3) is 5.77. The van der Waals surface area contributed by atoms with E-state index in [0.717, 1.165) is 57.8 Å². The summed E-state index contributed by atoms with van der Waals surface area (Å²) in [4.78, 5) is 26.2. The average Bonchev–Trinajstić information content (AvgIpc) is 3.59. The number of aliphatic hydroxyl groups is 6. The molecule has 19 atom stereocenters. The molecule has 0 amide bonds. The predicted molar refractivity (Wildman–Crippen MR) is 201 cm³/mol. The molecule has 0 spiro atoms. The van der Waals surface area contributed by atoms with Gasteiger partial charge in [-0.25, -0.2) is 0 Å². The first-order chi connectivity index (χ1) is 26.7. The number of aliphatic hydroxyl groups excluding tert-OH is 5. The maximum Gasteiger partial charge on any atom is 0.315 e. The van der Waals surface area contributed by atoms with Crippen LogP contribution in [-0.4, -0.2) is 129 Å². The van der Waals surface area contributed by atoms with E-state index in [1.165, 1.54) is 6.92 Å². The molecule has 324 valence electrons. The number of hydrogen-bond donors (Lipinski definition) is 6. The van der Waals surface area contributed by atoms with Crippen molar-refractivity contribution in [3.63, 3.8) is 0 Å². The quantitative estimate of drug-likeness (QED) is 0.195. The monoisotopic (exact) mass is 808 g/mol. The van der Waals surface area contributed by atoms with Crippen molar-refractivity contribution in [1.29, 1.82) is 0 Å². The highest BCUT2D eigenvalue weighted by atomic mass is 16.8. The Kier molecular flexibility index (Phi) is 10.4. The van der Waals surface area contributed by atoms with Crippen molar-refractivity contribution < 1.29 is 68.6 Å². The molecule has 14 nitrogen and oxygen atoms in total. The number of rotatable bonds is 8. The van der Waals surface area contributed by atoms with Gasteiger partial charge in [0.05, 0.1) is 25.4 Å². The minimum atomic E-state index is -1.60. The Morgan fingerprint density at radius 2 is 1.35 bits per heavy atom. The fourth-order valence-corrected chi connectivity index (χ4v) is 15.5. The third-order valence-electron chi connectivity index (χ3n) is 18.3. The highest BCUT2D eigenvalue weighted by Gasteiger charge is 2.81. The van der Waals surface area contributed by atoms with Gasteiger partial charge in [0.15, 0.2) is 18.7 Å². The Morgan fingerprint density at radius 1 is 0.719 bits per heavy atom. The molecule has 3 aliphatic heterocycles. The Bertz CT molecular complexity index is 1580. The Morgan fingerprint density at radius 3 is 2.04 bits per heavy atom. The molecule has 8 aliphatic rings. The molecule has 8 fully saturated rings. The molecule has 0 aromatic rings. The predicted octanol–water partition coefficient (Wildman–Crippen LogP) is 2.74. The van der Waals surface area contributed by atoms with Crippen LogP contribution in [0.4, 0.5) is 0 Å². The fraction of sp³-hybridized carbons (Fsp3) is 0.953. The number of fused-ring (bicyclic) bond motifs is 5. The molecule has 0 aromatic carbocycles. The Hall–Kier alpha value is -1.46. The van der Waals surface area contributed by atoms with Crippen LogP contribution in [0.15, 0.2) is 0 Å². The number of ether oxygens (including phenoxy) is 6. The van der Waals surface area contributed by atoms with Crippen LogP contribution in [0.25, 0.3) is 0 Å². The summed E-state index contributed by atoms with van der Waals surface area (Å²) in [5, 5.41) is 65.4. The Labute approximate surface area is 336 Å². The van der Waals surface area contributed by atoms with Gasteiger partial charge in [-0.2, -0.15) is 0 Å². The summed E-state index contributed by atoms with van der Waals surface area (Å²) in [6, 6.07) is 0.